The fourth-order valence-corrected chi connectivity index (χ4v) is 6.39. The smallest absolute Gasteiger partial charge is 0.241 e. The molecule has 8 heteroatoms. The quantitative estimate of drug-likeness (QED) is 0.643. The topological polar surface area (TPSA) is 88.2 Å². The number of sulfonamides is 1. The molecule has 0 radical (unpaired) electrons. The van der Waals surface area contributed by atoms with Gasteiger partial charge in [-0.1, -0.05) is 0 Å². The van der Waals surface area contributed by atoms with E-state index in [4.69, 9.17) is 0 Å². The number of carbonyl (C=O) groups excluding carboxylic acids is 1. The molecule has 3 aliphatic carbocycles. The molecular weight excluding hydrogens is 441 g/mol. The number of ketones is 1. The van der Waals surface area contributed by atoms with Crippen molar-refractivity contribution in [2.45, 2.75) is 75.9 Å². The molecule has 2 aromatic rings. The Kier molecular flexibility index (Phi) is 5.00. The highest BCUT2D eigenvalue weighted by molar-refractivity contribution is 7.89. The van der Waals surface area contributed by atoms with Crippen molar-refractivity contribution in [3.63, 3.8) is 0 Å². The first-order chi connectivity index (χ1) is 15.3. The second-order valence-corrected chi connectivity index (χ2v) is 12.5. The Labute approximate surface area is 194 Å². The van der Waals surface area contributed by atoms with Crippen LogP contribution in [0.4, 0.5) is 4.39 Å². The molecular formula is C25H30FN3O3S. The van der Waals surface area contributed by atoms with Crippen molar-refractivity contribution in [1.29, 1.82) is 0 Å². The molecule has 6 nitrogen and oxygen atoms in total. The summed E-state index contributed by atoms with van der Waals surface area (Å²) in [6.07, 6.45) is 6.68. The Bertz CT molecular complexity index is 1300. The highest BCUT2D eigenvalue weighted by Crippen LogP contribution is 2.42. The number of rotatable bonds is 7. The van der Waals surface area contributed by atoms with Gasteiger partial charge in [0.05, 0.1) is 10.3 Å². The van der Waals surface area contributed by atoms with Crippen LogP contribution in [0, 0.1) is 5.41 Å². The minimum absolute atomic E-state index is 0.0159. The first kappa shape index (κ1) is 22.5. The third kappa shape index (κ3) is 4.08. The molecule has 0 saturated heterocycles. The van der Waals surface area contributed by atoms with E-state index in [2.05, 4.69) is 15.0 Å². The molecule has 1 fully saturated rings. The van der Waals surface area contributed by atoms with Crippen LogP contribution in [0.5, 0.6) is 0 Å². The number of aromatic nitrogens is 1. The number of alkyl halides is 1. The van der Waals surface area contributed by atoms with Crippen LogP contribution in [-0.2, 0) is 27.7 Å². The summed E-state index contributed by atoms with van der Waals surface area (Å²) in [5.41, 5.74) is 1.31. The van der Waals surface area contributed by atoms with Gasteiger partial charge in [0, 0.05) is 52.9 Å². The monoisotopic (exact) mass is 471 g/mol. The third-order valence-electron chi connectivity index (χ3n) is 6.98. The van der Waals surface area contributed by atoms with Crippen LogP contribution in [0.15, 0.2) is 35.0 Å². The number of allylic oxidation sites excluding steroid dienone is 2. The lowest BCUT2D eigenvalue weighted by Crippen LogP contribution is -2.45. The van der Waals surface area contributed by atoms with E-state index in [1.165, 1.54) is 13.8 Å². The average Bonchev–Trinajstić information content (AvgIpc) is 3.50. The Balaban J connectivity index is 1.57. The number of pyridine rings is 1. The van der Waals surface area contributed by atoms with Gasteiger partial charge in [-0.2, -0.15) is 0 Å². The van der Waals surface area contributed by atoms with E-state index in [9.17, 15) is 17.6 Å². The fourth-order valence-electron chi connectivity index (χ4n) is 4.71. The first-order valence-corrected chi connectivity index (χ1v) is 13.0. The minimum atomic E-state index is -3.96. The maximum absolute atomic E-state index is 14.2. The number of halogens is 1. The molecule has 0 spiro atoms. The summed E-state index contributed by atoms with van der Waals surface area (Å²) in [7, 11) is -3.96. The molecule has 0 aliphatic heterocycles. The van der Waals surface area contributed by atoms with Crippen LogP contribution in [0.25, 0.3) is 10.8 Å². The van der Waals surface area contributed by atoms with Crippen LogP contribution < -0.4 is 10.0 Å². The summed E-state index contributed by atoms with van der Waals surface area (Å²) in [4.78, 5) is 16.7. The van der Waals surface area contributed by atoms with Gasteiger partial charge in [-0.25, -0.2) is 17.5 Å². The van der Waals surface area contributed by atoms with E-state index >= 15 is 0 Å². The van der Waals surface area contributed by atoms with Gasteiger partial charge in [0.2, 0.25) is 10.0 Å². The van der Waals surface area contributed by atoms with Gasteiger partial charge in [-0.05, 0) is 76.6 Å². The Morgan fingerprint density at radius 3 is 2.55 bits per heavy atom. The van der Waals surface area contributed by atoms with Crippen molar-refractivity contribution in [3.05, 3.63) is 46.9 Å². The SMILES string of the molecule is CC(C)(F)CNS(=O)(=O)c1c2c(cc3cnc(C4CC4)cc13)CC(NC1=CC(=O)C1(C)C)C2. The molecule has 3 aliphatic rings. The molecule has 0 bridgehead atoms. The Morgan fingerprint density at radius 2 is 1.94 bits per heavy atom. The average molecular weight is 472 g/mol. The number of nitrogens with one attached hydrogen (secondary N) is 2. The zero-order valence-corrected chi connectivity index (χ0v) is 20.3. The van der Waals surface area contributed by atoms with Crippen molar-refractivity contribution < 1.29 is 17.6 Å². The normalized spacial score (nSPS) is 22.2. The lowest BCUT2D eigenvalue weighted by Gasteiger charge is -2.35. The van der Waals surface area contributed by atoms with E-state index in [1.54, 1.807) is 12.3 Å². The summed E-state index contributed by atoms with van der Waals surface area (Å²) in [6.45, 7) is 6.18. The molecule has 1 heterocycles. The van der Waals surface area contributed by atoms with Crippen LogP contribution in [0.1, 0.15) is 63.3 Å². The predicted octanol–water partition coefficient (Wildman–Crippen LogP) is 3.69. The zero-order chi connectivity index (χ0) is 23.8. The molecule has 2 N–H and O–H groups in total. The number of benzene rings is 1. The summed E-state index contributed by atoms with van der Waals surface area (Å²) in [5.74, 6) is 0.474. The van der Waals surface area contributed by atoms with Crippen LogP contribution in [-0.4, -0.2) is 37.4 Å². The summed E-state index contributed by atoms with van der Waals surface area (Å²) in [6, 6.07) is 3.91. The summed E-state index contributed by atoms with van der Waals surface area (Å²) < 4.78 is 43.7. The molecule has 1 unspecified atom stereocenters. The lowest BCUT2D eigenvalue weighted by molar-refractivity contribution is -0.123. The summed E-state index contributed by atoms with van der Waals surface area (Å²) >= 11 is 0. The minimum Gasteiger partial charge on any atom is -0.384 e. The zero-order valence-electron chi connectivity index (χ0n) is 19.5. The molecule has 1 aromatic carbocycles. The second-order valence-electron chi connectivity index (χ2n) is 10.8. The number of nitrogens with zero attached hydrogens (tertiary/aromatic N) is 1. The number of fused-ring (bicyclic) bond motifs is 2. The van der Waals surface area contributed by atoms with Crippen molar-refractivity contribution in [2.75, 3.05) is 6.54 Å². The molecule has 33 heavy (non-hydrogen) atoms. The summed E-state index contributed by atoms with van der Waals surface area (Å²) in [5, 5.41) is 4.88. The maximum Gasteiger partial charge on any atom is 0.241 e. The van der Waals surface area contributed by atoms with Gasteiger partial charge >= 0.3 is 0 Å². The van der Waals surface area contributed by atoms with Crippen LogP contribution in [0.2, 0.25) is 0 Å². The number of hydrogen-bond acceptors (Lipinski definition) is 5. The third-order valence-corrected chi connectivity index (χ3v) is 8.51. The van der Waals surface area contributed by atoms with Gasteiger partial charge in [-0.15, -0.1) is 0 Å². The molecule has 1 aromatic heterocycles. The van der Waals surface area contributed by atoms with Crippen molar-refractivity contribution in [1.82, 2.24) is 15.0 Å². The van der Waals surface area contributed by atoms with Gasteiger partial charge in [0.15, 0.2) is 5.78 Å². The highest BCUT2D eigenvalue weighted by Gasteiger charge is 2.41. The van der Waals surface area contributed by atoms with Gasteiger partial charge in [0.25, 0.3) is 0 Å². The van der Waals surface area contributed by atoms with Crippen molar-refractivity contribution in [3.8, 4) is 0 Å². The van der Waals surface area contributed by atoms with Crippen molar-refractivity contribution in [2.24, 2.45) is 5.41 Å². The van der Waals surface area contributed by atoms with Crippen LogP contribution in [0.3, 0.4) is 0 Å². The standard InChI is InChI=1S/C25H30FN3O3S/c1-24(2,26)13-28-33(31,32)23-18-9-17(29-21-11-22(30)25(21,3)4)8-15(18)7-16-12-27-20(10-19(16)23)14-5-6-14/h7,10-12,14,17,28-29H,5-6,8-9,13H2,1-4H3. The first-order valence-electron chi connectivity index (χ1n) is 11.5. The molecule has 1 atom stereocenters. The molecule has 0 amide bonds. The van der Waals surface area contributed by atoms with E-state index in [1.807, 2.05) is 26.0 Å². The molecule has 5 rings (SSSR count). The number of carbonyl (C=O) groups is 1. The molecule has 1 saturated carbocycles. The number of hydrogen-bond donors (Lipinski definition) is 2. The van der Waals surface area contributed by atoms with E-state index in [-0.39, 0.29) is 23.3 Å². The predicted molar refractivity (Wildman–Crippen MR) is 125 cm³/mol. The van der Waals surface area contributed by atoms with Gasteiger partial charge in [0.1, 0.15) is 5.67 Å². The van der Waals surface area contributed by atoms with Crippen molar-refractivity contribution >= 4 is 26.6 Å². The van der Waals surface area contributed by atoms with Crippen LogP contribution >= 0.6 is 0 Å². The maximum atomic E-state index is 14.2. The largest absolute Gasteiger partial charge is 0.384 e. The van der Waals surface area contributed by atoms with Gasteiger partial charge < -0.3 is 5.32 Å². The highest BCUT2D eigenvalue weighted by atomic mass is 32.2. The molecule has 176 valence electrons. The fraction of sp³-hybridized carbons (Fsp3) is 0.520. The Hall–Kier alpha value is -2.32. The van der Waals surface area contributed by atoms with E-state index in [0.717, 1.165) is 40.7 Å². The van der Waals surface area contributed by atoms with E-state index < -0.39 is 21.1 Å². The Morgan fingerprint density at radius 1 is 1.21 bits per heavy atom. The van der Waals surface area contributed by atoms with Gasteiger partial charge in [-0.3, -0.25) is 9.78 Å². The lowest BCUT2D eigenvalue weighted by atomic mass is 9.74. The van der Waals surface area contributed by atoms with E-state index in [0.29, 0.717) is 24.1 Å². The second kappa shape index (κ2) is 7.34.